The zero-order valence-corrected chi connectivity index (χ0v) is 17.5. The molecular weight excluding hydrogens is 392 g/mol. The van der Waals surface area contributed by atoms with E-state index in [0.717, 1.165) is 29.2 Å². The number of hydrogen-bond acceptors (Lipinski definition) is 7. The predicted molar refractivity (Wildman–Crippen MR) is 114 cm³/mol. The molecule has 0 saturated carbocycles. The van der Waals surface area contributed by atoms with Gasteiger partial charge in [0.2, 0.25) is 11.0 Å². The fourth-order valence-electron chi connectivity index (χ4n) is 2.51. The molecule has 9 heteroatoms. The van der Waals surface area contributed by atoms with E-state index in [1.165, 1.54) is 28.7 Å². The van der Waals surface area contributed by atoms with Gasteiger partial charge in [0.15, 0.2) is 11.0 Å². The Labute approximate surface area is 172 Å². The van der Waals surface area contributed by atoms with Crippen molar-refractivity contribution in [1.29, 1.82) is 0 Å². The fourth-order valence-corrected chi connectivity index (χ4v) is 4.12. The average molecular weight is 415 g/mol. The smallest absolute Gasteiger partial charge is 0.236 e. The number of anilines is 1. The summed E-state index contributed by atoms with van der Waals surface area (Å²) < 4.78 is 1.96. The second-order valence-electron chi connectivity index (χ2n) is 6.16. The molecule has 7 nitrogen and oxygen atoms in total. The van der Waals surface area contributed by atoms with Crippen LogP contribution in [0.2, 0.25) is 0 Å². The van der Waals surface area contributed by atoms with Crippen molar-refractivity contribution in [2.75, 3.05) is 11.1 Å². The summed E-state index contributed by atoms with van der Waals surface area (Å²) in [6, 6.07) is 8.11. The van der Waals surface area contributed by atoms with Gasteiger partial charge in [-0.05, 0) is 13.3 Å². The van der Waals surface area contributed by atoms with Gasteiger partial charge in [-0.3, -0.25) is 14.7 Å². The highest BCUT2D eigenvalue weighted by atomic mass is 32.2. The summed E-state index contributed by atoms with van der Waals surface area (Å²) in [4.78, 5) is 12.3. The van der Waals surface area contributed by atoms with Crippen LogP contribution >= 0.6 is 23.1 Å². The van der Waals surface area contributed by atoms with E-state index < -0.39 is 0 Å². The summed E-state index contributed by atoms with van der Waals surface area (Å²) in [5, 5.41) is 21.6. The summed E-state index contributed by atoms with van der Waals surface area (Å²) in [5.41, 5.74) is 2.16. The minimum absolute atomic E-state index is 0.144. The molecule has 3 aromatic rings. The van der Waals surface area contributed by atoms with E-state index in [1.54, 1.807) is 6.08 Å². The molecule has 0 radical (unpaired) electrons. The molecular formula is C19H22N6OS2. The lowest BCUT2D eigenvalue weighted by atomic mass is 10.1. The second-order valence-corrected chi connectivity index (χ2v) is 8.16. The fraction of sp³-hybridized carbons (Fsp3) is 0.316. The Kier molecular flexibility index (Phi) is 6.94. The molecule has 146 valence electrons. The molecule has 1 amide bonds. The van der Waals surface area contributed by atoms with Crippen LogP contribution in [0.4, 0.5) is 5.13 Å². The number of nitrogens with zero attached hydrogens (tertiary/aromatic N) is 5. The molecule has 0 spiro atoms. The van der Waals surface area contributed by atoms with Crippen LogP contribution in [0.3, 0.4) is 0 Å². The average Bonchev–Trinajstić information content (AvgIpc) is 3.28. The van der Waals surface area contributed by atoms with Gasteiger partial charge in [0.1, 0.15) is 5.01 Å². The first kappa shape index (κ1) is 20.2. The molecule has 2 aromatic heterocycles. The molecule has 1 N–H and O–H groups in total. The van der Waals surface area contributed by atoms with E-state index in [2.05, 4.69) is 39.2 Å². The lowest BCUT2D eigenvalue weighted by Gasteiger charge is -2.08. The largest absolute Gasteiger partial charge is 0.300 e. The molecule has 0 unspecified atom stereocenters. The molecule has 0 aliphatic carbocycles. The molecule has 3 rings (SSSR count). The zero-order valence-electron chi connectivity index (χ0n) is 15.9. The van der Waals surface area contributed by atoms with Gasteiger partial charge in [0, 0.05) is 18.5 Å². The number of thioether (sulfide) groups is 1. The van der Waals surface area contributed by atoms with E-state index in [1.807, 2.05) is 35.8 Å². The number of carbonyl (C=O) groups excluding carboxylic acids is 1. The Morgan fingerprint density at radius 1 is 1.25 bits per heavy atom. The van der Waals surface area contributed by atoms with Gasteiger partial charge < -0.3 is 0 Å². The first-order valence-electron chi connectivity index (χ1n) is 8.97. The number of allylic oxidation sites excluding steroid dienone is 1. The minimum atomic E-state index is -0.144. The third kappa shape index (κ3) is 5.05. The SMILES string of the molecule is C=CCn1c(SCC(=O)Nc2nnc(CCC)s2)nnc1-c1ccc(C)cc1. The van der Waals surface area contributed by atoms with Crippen LogP contribution in [-0.2, 0) is 17.8 Å². The molecule has 0 aliphatic heterocycles. The molecule has 0 fully saturated rings. The predicted octanol–water partition coefficient (Wildman–Crippen LogP) is 3.97. The Morgan fingerprint density at radius 3 is 2.75 bits per heavy atom. The van der Waals surface area contributed by atoms with Crippen molar-refractivity contribution in [1.82, 2.24) is 25.0 Å². The zero-order chi connectivity index (χ0) is 19.9. The van der Waals surface area contributed by atoms with Gasteiger partial charge in [-0.25, -0.2) is 0 Å². The highest BCUT2D eigenvalue weighted by Crippen LogP contribution is 2.25. The van der Waals surface area contributed by atoms with Crippen molar-refractivity contribution in [3.05, 3.63) is 47.5 Å². The maximum Gasteiger partial charge on any atom is 0.236 e. The van der Waals surface area contributed by atoms with E-state index in [0.29, 0.717) is 16.8 Å². The van der Waals surface area contributed by atoms with Crippen molar-refractivity contribution in [2.24, 2.45) is 0 Å². The quantitative estimate of drug-likeness (QED) is 0.421. The monoisotopic (exact) mass is 414 g/mol. The minimum Gasteiger partial charge on any atom is -0.300 e. The maximum atomic E-state index is 12.3. The molecule has 0 atom stereocenters. The van der Waals surface area contributed by atoms with E-state index in [9.17, 15) is 4.79 Å². The standard InChI is InChI=1S/C19H22N6OS2/c1-4-6-16-21-23-18(28-16)20-15(26)12-27-19-24-22-17(25(19)11-5-2)14-9-7-13(3)8-10-14/h5,7-10H,2,4,6,11-12H2,1,3H3,(H,20,23,26). The number of carbonyl (C=O) groups is 1. The first-order valence-corrected chi connectivity index (χ1v) is 10.8. The molecule has 0 saturated heterocycles. The normalized spacial score (nSPS) is 10.8. The summed E-state index contributed by atoms with van der Waals surface area (Å²) in [5.74, 6) is 0.830. The third-order valence-corrected chi connectivity index (χ3v) is 5.71. The van der Waals surface area contributed by atoms with E-state index >= 15 is 0 Å². The van der Waals surface area contributed by atoms with Gasteiger partial charge in [0.05, 0.1) is 5.75 Å². The lowest BCUT2D eigenvalue weighted by molar-refractivity contribution is -0.113. The molecule has 28 heavy (non-hydrogen) atoms. The van der Waals surface area contributed by atoms with Crippen molar-refractivity contribution < 1.29 is 4.79 Å². The number of amides is 1. The Morgan fingerprint density at radius 2 is 2.04 bits per heavy atom. The van der Waals surface area contributed by atoms with Gasteiger partial charge in [-0.1, -0.05) is 65.9 Å². The van der Waals surface area contributed by atoms with Crippen LogP contribution in [0.1, 0.15) is 23.9 Å². The highest BCUT2D eigenvalue weighted by molar-refractivity contribution is 7.99. The lowest BCUT2D eigenvalue weighted by Crippen LogP contribution is -2.14. The summed E-state index contributed by atoms with van der Waals surface area (Å²) in [6.07, 6.45) is 3.66. The van der Waals surface area contributed by atoms with Crippen LogP contribution in [0.25, 0.3) is 11.4 Å². The van der Waals surface area contributed by atoms with E-state index in [-0.39, 0.29) is 11.7 Å². The second kappa shape index (κ2) is 9.61. The van der Waals surface area contributed by atoms with Crippen LogP contribution < -0.4 is 5.32 Å². The van der Waals surface area contributed by atoms with Gasteiger partial charge in [-0.2, -0.15) is 0 Å². The van der Waals surface area contributed by atoms with Gasteiger partial charge in [0.25, 0.3) is 0 Å². The first-order chi connectivity index (χ1) is 13.6. The van der Waals surface area contributed by atoms with Gasteiger partial charge >= 0.3 is 0 Å². The number of rotatable bonds is 9. The van der Waals surface area contributed by atoms with Crippen molar-refractivity contribution in [2.45, 2.75) is 38.4 Å². The number of hydrogen-bond donors (Lipinski definition) is 1. The Bertz CT molecular complexity index is 948. The van der Waals surface area contributed by atoms with E-state index in [4.69, 9.17) is 0 Å². The van der Waals surface area contributed by atoms with Crippen molar-refractivity contribution in [3.8, 4) is 11.4 Å². The molecule has 0 aliphatic rings. The van der Waals surface area contributed by atoms with Crippen LogP contribution in [-0.4, -0.2) is 36.6 Å². The van der Waals surface area contributed by atoms with Crippen LogP contribution in [0, 0.1) is 6.92 Å². The topological polar surface area (TPSA) is 85.6 Å². The van der Waals surface area contributed by atoms with Crippen LogP contribution in [0.15, 0.2) is 42.1 Å². The molecule has 0 bridgehead atoms. The Hall–Kier alpha value is -2.52. The molecule has 2 heterocycles. The summed E-state index contributed by atoms with van der Waals surface area (Å²) in [6.45, 7) is 8.51. The summed E-state index contributed by atoms with van der Waals surface area (Å²) >= 11 is 2.75. The number of aryl methyl sites for hydroxylation is 2. The van der Waals surface area contributed by atoms with Crippen LogP contribution in [0.5, 0.6) is 0 Å². The molecule has 1 aromatic carbocycles. The Balaban J connectivity index is 1.67. The highest BCUT2D eigenvalue weighted by Gasteiger charge is 2.15. The van der Waals surface area contributed by atoms with Crippen molar-refractivity contribution in [3.63, 3.8) is 0 Å². The summed E-state index contributed by atoms with van der Waals surface area (Å²) in [7, 11) is 0. The third-order valence-electron chi connectivity index (χ3n) is 3.85. The van der Waals surface area contributed by atoms with Crippen molar-refractivity contribution >= 4 is 34.1 Å². The number of aromatic nitrogens is 5. The van der Waals surface area contributed by atoms with Gasteiger partial charge in [-0.15, -0.1) is 27.0 Å². The number of nitrogens with one attached hydrogen (secondary N) is 1. The maximum absolute atomic E-state index is 12.3. The number of benzene rings is 1.